The van der Waals surface area contributed by atoms with Crippen LogP contribution in [0.4, 0.5) is 0 Å². The van der Waals surface area contributed by atoms with Gasteiger partial charge in [-0.2, -0.15) is 0 Å². The number of para-hydroxylation sites is 1. The lowest BCUT2D eigenvalue weighted by Gasteiger charge is -1.98. The van der Waals surface area contributed by atoms with Crippen molar-refractivity contribution in [2.24, 2.45) is 0 Å². The van der Waals surface area contributed by atoms with Crippen molar-refractivity contribution in [3.63, 3.8) is 0 Å². The standard InChI is InChI=1S/C21H21NS3/c1-2-3-4-5-8-15-13-19(24-14-15)20-16(11-12-23-20)21-22-17-9-6-7-10-18(17)25-21/h6-7,9-14H,2-5,8H2,1H3. The number of benzene rings is 1. The largest absolute Gasteiger partial charge is 0.236 e. The van der Waals surface area contributed by atoms with E-state index in [1.807, 2.05) is 22.7 Å². The highest BCUT2D eigenvalue weighted by Gasteiger charge is 2.15. The van der Waals surface area contributed by atoms with Crippen LogP contribution in [0, 0.1) is 0 Å². The van der Waals surface area contributed by atoms with E-state index in [4.69, 9.17) is 4.98 Å². The summed E-state index contributed by atoms with van der Waals surface area (Å²) in [6.45, 7) is 2.27. The molecule has 0 aliphatic carbocycles. The average Bonchev–Trinajstić information content (AvgIpc) is 3.36. The van der Waals surface area contributed by atoms with E-state index in [0.717, 1.165) is 10.5 Å². The lowest BCUT2D eigenvalue weighted by Crippen LogP contribution is -1.82. The summed E-state index contributed by atoms with van der Waals surface area (Å²) in [6.07, 6.45) is 6.51. The number of nitrogens with zero attached hydrogens (tertiary/aromatic N) is 1. The number of hydrogen-bond donors (Lipinski definition) is 0. The van der Waals surface area contributed by atoms with Crippen LogP contribution in [0.3, 0.4) is 0 Å². The summed E-state index contributed by atoms with van der Waals surface area (Å²) in [5, 5.41) is 5.66. The topological polar surface area (TPSA) is 12.9 Å². The molecule has 0 aliphatic rings. The highest BCUT2D eigenvalue weighted by molar-refractivity contribution is 7.23. The molecule has 3 heterocycles. The lowest BCUT2D eigenvalue weighted by molar-refractivity contribution is 0.667. The normalized spacial score (nSPS) is 11.4. The Kier molecular flexibility index (Phi) is 5.30. The van der Waals surface area contributed by atoms with Crippen LogP contribution in [0.2, 0.25) is 0 Å². The van der Waals surface area contributed by atoms with Crippen molar-refractivity contribution in [1.82, 2.24) is 4.98 Å². The molecule has 1 aromatic carbocycles. The Morgan fingerprint density at radius 2 is 1.92 bits per heavy atom. The molecule has 0 spiro atoms. The van der Waals surface area contributed by atoms with Gasteiger partial charge in [0.2, 0.25) is 0 Å². The van der Waals surface area contributed by atoms with E-state index in [0.29, 0.717) is 0 Å². The first-order valence-electron chi connectivity index (χ1n) is 8.86. The molecule has 0 saturated heterocycles. The average molecular weight is 384 g/mol. The van der Waals surface area contributed by atoms with Gasteiger partial charge in [0.15, 0.2) is 0 Å². The predicted molar refractivity (Wildman–Crippen MR) is 114 cm³/mol. The van der Waals surface area contributed by atoms with Gasteiger partial charge in [0.1, 0.15) is 5.01 Å². The fourth-order valence-electron chi connectivity index (χ4n) is 3.04. The molecule has 0 aliphatic heterocycles. The Balaban J connectivity index is 1.58. The Morgan fingerprint density at radius 3 is 2.80 bits per heavy atom. The van der Waals surface area contributed by atoms with E-state index < -0.39 is 0 Å². The second-order valence-electron chi connectivity index (χ2n) is 6.28. The summed E-state index contributed by atoms with van der Waals surface area (Å²) < 4.78 is 1.26. The monoisotopic (exact) mass is 383 g/mol. The summed E-state index contributed by atoms with van der Waals surface area (Å²) in [5.74, 6) is 0. The van der Waals surface area contributed by atoms with Crippen LogP contribution in [0.25, 0.3) is 30.5 Å². The van der Waals surface area contributed by atoms with Gasteiger partial charge in [-0.25, -0.2) is 4.98 Å². The molecule has 1 nitrogen and oxygen atoms in total. The van der Waals surface area contributed by atoms with Gasteiger partial charge in [0.25, 0.3) is 0 Å². The maximum Gasteiger partial charge on any atom is 0.126 e. The molecule has 0 unspecified atom stereocenters. The zero-order chi connectivity index (χ0) is 17.1. The van der Waals surface area contributed by atoms with E-state index in [-0.39, 0.29) is 0 Å². The molecule has 0 saturated carbocycles. The second kappa shape index (κ2) is 7.81. The van der Waals surface area contributed by atoms with Gasteiger partial charge < -0.3 is 0 Å². The Labute approximate surface area is 161 Å². The molecule has 0 radical (unpaired) electrons. The fraction of sp³-hybridized carbons (Fsp3) is 0.286. The summed E-state index contributed by atoms with van der Waals surface area (Å²) in [6, 6.07) is 13.0. The number of hydrogen-bond acceptors (Lipinski definition) is 4. The van der Waals surface area contributed by atoms with Gasteiger partial charge in [-0.3, -0.25) is 0 Å². The zero-order valence-corrected chi connectivity index (χ0v) is 16.8. The van der Waals surface area contributed by atoms with Crippen molar-refractivity contribution in [1.29, 1.82) is 0 Å². The molecule has 4 heteroatoms. The third kappa shape index (κ3) is 3.71. The number of unbranched alkanes of at least 4 members (excludes halogenated alkanes) is 3. The third-order valence-electron chi connectivity index (χ3n) is 4.39. The molecular weight excluding hydrogens is 362 g/mol. The molecule has 0 amide bonds. The molecule has 3 aromatic heterocycles. The molecule has 4 aromatic rings. The van der Waals surface area contributed by atoms with Crippen LogP contribution in [-0.2, 0) is 6.42 Å². The molecule has 0 fully saturated rings. The first-order valence-corrected chi connectivity index (χ1v) is 11.4. The lowest BCUT2D eigenvalue weighted by atomic mass is 10.1. The van der Waals surface area contributed by atoms with Crippen LogP contribution in [-0.4, -0.2) is 4.98 Å². The van der Waals surface area contributed by atoms with Crippen LogP contribution in [0.1, 0.15) is 38.2 Å². The van der Waals surface area contributed by atoms with Gasteiger partial charge in [-0.1, -0.05) is 38.3 Å². The summed E-state index contributed by atoms with van der Waals surface area (Å²) >= 11 is 5.49. The van der Waals surface area contributed by atoms with Crippen LogP contribution < -0.4 is 0 Å². The maximum atomic E-state index is 4.85. The van der Waals surface area contributed by atoms with Crippen molar-refractivity contribution in [2.75, 3.05) is 0 Å². The predicted octanol–water partition coefficient (Wildman–Crippen LogP) is 7.88. The van der Waals surface area contributed by atoms with E-state index in [1.54, 1.807) is 11.3 Å². The molecule has 0 N–H and O–H groups in total. The van der Waals surface area contributed by atoms with Crippen LogP contribution >= 0.6 is 34.0 Å². The Bertz CT molecular complexity index is 927. The molecule has 128 valence electrons. The van der Waals surface area contributed by atoms with Gasteiger partial charge >= 0.3 is 0 Å². The van der Waals surface area contributed by atoms with Crippen LogP contribution in [0.5, 0.6) is 0 Å². The number of aromatic nitrogens is 1. The van der Waals surface area contributed by atoms with Crippen molar-refractivity contribution >= 4 is 44.2 Å². The number of rotatable bonds is 7. The van der Waals surface area contributed by atoms with Gasteiger partial charge in [0.05, 0.1) is 15.1 Å². The molecule has 4 rings (SSSR count). The maximum absolute atomic E-state index is 4.85. The van der Waals surface area contributed by atoms with Crippen molar-refractivity contribution in [3.8, 4) is 20.3 Å². The molecule has 0 bridgehead atoms. The van der Waals surface area contributed by atoms with E-state index >= 15 is 0 Å². The Morgan fingerprint density at radius 1 is 1.00 bits per heavy atom. The minimum absolute atomic E-state index is 1.10. The summed E-state index contributed by atoms with van der Waals surface area (Å²) in [7, 11) is 0. The van der Waals surface area contributed by atoms with Gasteiger partial charge in [-0.05, 0) is 53.4 Å². The first-order chi connectivity index (χ1) is 12.3. The van der Waals surface area contributed by atoms with Crippen molar-refractivity contribution < 1.29 is 0 Å². The van der Waals surface area contributed by atoms with Crippen molar-refractivity contribution in [3.05, 3.63) is 52.7 Å². The van der Waals surface area contributed by atoms with E-state index in [2.05, 4.69) is 54.1 Å². The SMILES string of the molecule is CCCCCCc1csc(-c2sccc2-c2nc3ccccc3s2)c1. The Hall–Kier alpha value is -1.49. The van der Waals surface area contributed by atoms with Gasteiger partial charge in [0, 0.05) is 10.4 Å². The molecule has 25 heavy (non-hydrogen) atoms. The van der Waals surface area contributed by atoms with Crippen LogP contribution in [0.15, 0.2) is 47.2 Å². The highest BCUT2D eigenvalue weighted by Crippen LogP contribution is 2.42. The minimum Gasteiger partial charge on any atom is -0.236 e. The van der Waals surface area contributed by atoms with Gasteiger partial charge in [-0.15, -0.1) is 34.0 Å². The summed E-state index contributed by atoms with van der Waals surface area (Å²) in [4.78, 5) is 7.60. The fourth-order valence-corrected chi connectivity index (χ4v) is 6.10. The number of thiophene rings is 2. The smallest absolute Gasteiger partial charge is 0.126 e. The number of fused-ring (bicyclic) bond motifs is 1. The number of thiazole rings is 1. The third-order valence-corrected chi connectivity index (χ3v) is 7.53. The first kappa shape index (κ1) is 17.0. The number of aryl methyl sites for hydroxylation is 1. The van der Waals surface area contributed by atoms with Crippen molar-refractivity contribution in [2.45, 2.75) is 39.0 Å². The highest BCUT2D eigenvalue weighted by atomic mass is 32.1. The van der Waals surface area contributed by atoms with E-state index in [9.17, 15) is 0 Å². The minimum atomic E-state index is 1.10. The molecular formula is C21H21NS3. The quantitative estimate of drug-likeness (QED) is 0.296. The molecule has 0 atom stereocenters. The summed E-state index contributed by atoms with van der Waals surface area (Å²) in [5.41, 5.74) is 3.87. The zero-order valence-electron chi connectivity index (χ0n) is 14.3. The second-order valence-corrected chi connectivity index (χ2v) is 9.14. The van der Waals surface area contributed by atoms with E-state index in [1.165, 1.54) is 57.7 Å².